The molecule has 0 radical (unpaired) electrons. The Bertz CT molecular complexity index is 46.8. The van der Waals surface area contributed by atoms with Crippen molar-refractivity contribution in [1.82, 2.24) is 5.43 Å². The van der Waals surface area contributed by atoms with Crippen molar-refractivity contribution in [3.05, 3.63) is 0 Å². The average Bonchev–Trinajstić information content (AvgIpc) is 1.76. The van der Waals surface area contributed by atoms with E-state index in [4.69, 9.17) is 0 Å². The second-order valence-corrected chi connectivity index (χ2v) is 0.873. The van der Waals surface area contributed by atoms with Crippen LogP contribution in [-0.2, 0) is 21.1 Å². The standard InChI is InChI=1S/C2H5N3.Pt/c1-2-4-5-3-1;/h1-2H2,(H,3,4);. The van der Waals surface area contributed by atoms with E-state index in [9.17, 15) is 0 Å². The van der Waals surface area contributed by atoms with Gasteiger partial charge in [-0.3, -0.25) is 5.43 Å². The summed E-state index contributed by atoms with van der Waals surface area (Å²) in [5, 5.41) is 7.06. The van der Waals surface area contributed by atoms with E-state index in [-0.39, 0.29) is 21.1 Å². The van der Waals surface area contributed by atoms with Gasteiger partial charge in [0.05, 0.1) is 13.1 Å². The smallest absolute Gasteiger partial charge is 0.0810 e. The molecule has 0 fully saturated rings. The summed E-state index contributed by atoms with van der Waals surface area (Å²) in [6, 6.07) is 0. The second kappa shape index (κ2) is 3.28. The molecule has 1 rings (SSSR count). The summed E-state index contributed by atoms with van der Waals surface area (Å²) in [7, 11) is 0. The third-order valence-electron chi connectivity index (χ3n) is 0.465. The van der Waals surface area contributed by atoms with Gasteiger partial charge >= 0.3 is 0 Å². The molecule has 3 nitrogen and oxygen atoms in total. The normalized spacial score (nSPS) is 16.0. The monoisotopic (exact) mass is 266 g/mol. The Balaban J connectivity index is 0.000000250. The van der Waals surface area contributed by atoms with Crippen LogP contribution >= 0.6 is 0 Å². The molecular formula is C2H5N3Pt. The van der Waals surface area contributed by atoms with E-state index in [1.54, 1.807) is 0 Å². The quantitative estimate of drug-likeness (QED) is 0.656. The van der Waals surface area contributed by atoms with E-state index >= 15 is 0 Å². The maximum atomic E-state index is 3.60. The van der Waals surface area contributed by atoms with Crippen molar-refractivity contribution < 1.29 is 21.1 Å². The summed E-state index contributed by atoms with van der Waals surface area (Å²) < 4.78 is 0. The molecule has 0 saturated heterocycles. The van der Waals surface area contributed by atoms with E-state index in [2.05, 4.69) is 15.8 Å². The molecule has 0 saturated carbocycles. The Morgan fingerprint density at radius 1 is 1.50 bits per heavy atom. The topological polar surface area (TPSA) is 36.8 Å². The van der Waals surface area contributed by atoms with E-state index in [0.717, 1.165) is 13.1 Å². The third-order valence-corrected chi connectivity index (χ3v) is 0.465. The zero-order valence-electron chi connectivity index (χ0n) is 3.12. The molecule has 0 aliphatic carbocycles. The van der Waals surface area contributed by atoms with Gasteiger partial charge in [0.2, 0.25) is 0 Å². The number of rotatable bonds is 0. The van der Waals surface area contributed by atoms with Crippen LogP contribution < -0.4 is 5.43 Å². The number of hydrogen-bond acceptors (Lipinski definition) is 3. The number of nitrogens with one attached hydrogen (secondary N) is 1. The van der Waals surface area contributed by atoms with Crippen molar-refractivity contribution in [3.63, 3.8) is 0 Å². The third kappa shape index (κ3) is 1.51. The minimum Gasteiger partial charge on any atom is -0.290 e. The maximum absolute atomic E-state index is 3.60. The average molecular weight is 266 g/mol. The molecule has 0 unspecified atom stereocenters. The van der Waals surface area contributed by atoms with Gasteiger partial charge in [0.15, 0.2) is 0 Å². The van der Waals surface area contributed by atoms with Crippen LogP contribution in [0.5, 0.6) is 0 Å². The maximum Gasteiger partial charge on any atom is 0.0810 e. The fourth-order valence-corrected chi connectivity index (χ4v) is 0.250. The van der Waals surface area contributed by atoms with Crippen molar-refractivity contribution in [2.75, 3.05) is 13.1 Å². The Kier molecular flexibility index (Phi) is 3.33. The Morgan fingerprint density at radius 2 is 2.33 bits per heavy atom. The Labute approximate surface area is 50.5 Å². The van der Waals surface area contributed by atoms with E-state index < -0.39 is 0 Å². The SMILES string of the molecule is C1CNN=N1.[Pt]. The van der Waals surface area contributed by atoms with Crippen molar-refractivity contribution in [2.45, 2.75) is 0 Å². The van der Waals surface area contributed by atoms with Crippen LogP contribution in [-0.4, -0.2) is 13.1 Å². The molecule has 0 amide bonds. The number of nitrogens with zero attached hydrogens (tertiary/aromatic N) is 2. The summed E-state index contributed by atoms with van der Waals surface area (Å²) in [5.74, 6) is 0. The van der Waals surface area contributed by atoms with Crippen LogP contribution in [0.3, 0.4) is 0 Å². The van der Waals surface area contributed by atoms with Crippen molar-refractivity contribution in [3.8, 4) is 0 Å². The van der Waals surface area contributed by atoms with Crippen molar-refractivity contribution in [1.29, 1.82) is 0 Å². The van der Waals surface area contributed by atoms with Gasteiger partial charge in [-0.25, -0.2) is 0 Å². The van der Waals surface area contributed by atoms with Crippen LogP contribution in [0.2, 0.25) is 0 Å². The van der Waals surface area contributed by atoms with E-state index in [1.807, 2.05) is 0 Å². The number of hydrogen-bond donors (Lipinski definition) is 1. The van der Waals surface area contributed by atoms with E-state index in [1.165, 1.54) is 0 Å². The van der Waals surface area contributed by atoms with Gasteiger partial charge < -0.3 is 0 Å². The second-order valence-electron chi connectivity index (χ2n) is 0.873. The molecule has 1 aliphatic heterocycles. The zero-order chi connectivity index (χ0) is 3.54. The molecule has 1 heterocycles. The van der Waals surface area contributed by atoms with Crippen LogP contribution in [0.15, 0.2) is 10.3 Å². The molecule has 0 aromatic carbocycles. The molecule has 38 valence electrons. The molecule has 1 N–H and O–H groups in total. The first-order chi connectivity index (χ1) is 2.50. The van der Waals surface area contributed by atoms with Gasteiger partial charge in [-0.15, -0.1) is 0 Å². The summed E-state index contributed by atoms with van der Waals surface area (Å²) in [4.78, 5) is 0. The van der Waals surface area contributed by atoms with Crippen molar-refractivity contribution in [2.24, 2.45) is 10.3 Å². The molecule has 1 aliphatic rings. The van der Waals surface area contributed by atoms with Gasteiger partial charge in [-0.2, -0.15) is 5.11 Å². The summed E-state index contributed by atoms with van der Waals surface area (Å²) in [6.45, 7) is 1.76. The Morgan fingerprint density at radius 3 is 2.50 bits per heavy atom. The molecule has 4 heteroatoms. The molecule has 0 aromatic heterocycles. The molecular weight excluding hydrogens is 261 g/mol. The van der Waals surface area contributed by atoms with E-state index in [0.29, 0.717) is 0 Å². The summed E-state index contributed by atoms with van der Waals surface area (Å²) >= 11 is 0. The molecule has 0 aromatic rings. The fourth-order valence-electron chi connectivity index (χ4n) is 0.250. The first-order valence-electron chi connectivity index (χ1n) is 1.59. The molecule has 0 bridgehead atoms. The predicted molar refractivity (Wildman–Crippen MR) is 17.7 cm³/mol. The van der Waals surface area contributed by atoms with Crippen LogP contribution in [0.4, 0.5) is 0 Å². The molecule has 6 heavy (non-hydrogen) atoms. The minimum absolute atomic E-state index is 0. The minimum atomic E-state index is 0. The molecule has 0 spiro atoms. The van der Waals surface area contributed by atoms with Gasteiger partial charge in [-0.1, -0.05) is 5.22 Å². The van der Waals surface area contributed by atoms with Gasteiger partial charge in [0.1, 0.15) is 0 Å². The van der Waals surface area contributed by atoms with Crippen molar-refractivity contribution >= 4 is 0 Å². The summed E-state index contributed by atoms with van der Waals surface area (Å²) in [6.07, 6.45) is 0. The van der Waals surface area contributed by atoms with Gasteiger partial charge in [0, 0.05) is 21.1 Å². The predicted octanol–water partition coefficient (Wildman–Crippen LogP) is -0.0457. The first kappa shape index (κ1) is 6.09. The van der Waals surface area contributed by atoms with Crippen LogP contribution in [0.25, 0.3) is 0 Å². The summed E-state index contributed by atoms with van der Waals surface area (Å²) in [5.41, 5.74) is 2.68. The van der Waals surface area contributed by atoms with Gasteiger partial charge in [0.25, 0.3) is 0 Å². The largest absolute Gasteiger partial charge is 0.290 e. The van der Waals surface area contributed by atoms with Gasteiger partial charge in [-0.05, 0) is 0 Å². The Hall–Kier alpha value is 0.0883. The fraction of sp³-hybridized carbons (Fsp3) is 1.00. The molecule has 0 atom stereocenters. The first-order valence-corrected chi connectivity index (χ1v) is 1.59. The van der Waals surface area contributed by atoms with Crippen LogP contribution in [0, 0.1) is 0 Å². The zero-order valence-corrected chi connectivity index (χ0v) is 5.40. The van der Waals surface area contributed by atoms with Crippen LogP contribution in [0.1, 0.15) is 0 Å².